The van der Waals surface area contributed by atoms with E-state index in [9.17, 15) is 31.1 Å². The Morgan fingerprint density at radius 3 is 2.36 bits per heavy atom. The summed E-state index contributed by atoms with van der Waals surface area (Å²) >= 11 is 0.383. The lowest BCUT2D eigenvalue weighted by Crippen LogP contribution is -2.69. The quantitative estimate of drug-likeness (QED) is 0.150. The molecule has 0 unspecified atom stereocenters. The van der Waals surface area contributed by atoms with Gasteiger partial charge in [0.25, 0.3) is 11.8 Å². The van der Waals surface area contributed by atoms with Gasteiger partial charge in [0.05, 0.1) is 23.8 Å². The highest BCUT2D eigenvalue weighted by atomic mass is 32.1. The van der Waals surface area contributed by atoms with Crippen LogP contribution in [0.5, 0.6) is 11.5 Å². The Kier molecular flexibility index (Phi) is 12.5. The van der Waals surface area contributed by atoms with E-state index in [2.05, 4.69) is 9.88 Å². The summed E-state index contributed by atoms with van der Waals surface area (Å²) in [5, 5.41) is 1.14. The minimum Gasteiger partial charge on any atom is -0.489 e. The molecule has 2 aromatic heterocycles. The normalized spacial score (nSPS) is 21.2. The largest absolute Gasteiger partial charge is 0.489 e. The Morgan fingerprint density at radius 2 is 1.69 bits per heavy atom. The molecule has 3 saturated heterocycles. The molecule has 10 nitrogen and oxygen atoms in total. The molecule has 0 spiro atoms. The van der Waals surface area contributed by atoms with Crippen molar-refractivity contribution in [2.24, 2.45) is 0 Å². The van der Waals surface area contributed by atoms with Gasteiger partial charge in [-0.25, -0.2) is 4.39 Å². The minimum absolute atomic E-state index is 0.0261. The molecule has 0 bridgehead atoms. The van der Waals surface area contributed by atoms with Crippen LogP contribution in [0.2, 0.25) is 0 Å². The first kappa shape index (κ1) is 40.5. The fraction of sp³-hybridized carbons (Fsp3) is 0.541. The molecule has 6 rings (SSSR count). The van der Waals surface area contributed by atoms with E-state index in [1.807, 2.05) is 0 Å². The summed E-state index contributed by atoms with van der Waals surface area (Å²) in [6.07, 6.45) is -5.82. The Bertz CT molecular complexity index is 1800. The van der Waals surface area contributed by atoms with E-state index in [1.54, 1.807) is 11.0 Å². The molecule has 3 aliphatic rings. The second-order valence-electron chi connectivity index (χ2n) is 13.7. The van der Waals surface area contributed by atoms with E-state index >= 15 is 9.18 Å². The van der Waals surface area contributed by atoms with Crippen molar-refractivity contribution in [3.63, 3.8) is 0 Å². The van der Waals surface area contributed by atoms with Crippen molar-refractivity contribution < 1.29 is 54.5 Å². The topological polar surface area (TPSA) is 87.7 Å². The van der Waals surface area contributed by atoms with Gasteiger partial charge in [-0.1, -0.05) is 6.07 Å². The van der Waals surface area contributed by atoms with Gasteiger partial charge in [0.1, 0.15) is 34.5 Å². The van der Waals surface area contributed by atoms with Crippen LogP contribution in [-0.2, 0) is 21.9 Å². The minimum atomic E-state index is -4.89. The highest BCUT2D eigenvalue weighted by Gasteiger charge is 2.56. The van der Waals surface area contributed by atoms with Crippen molar-refractivity contribution >= 4 is 28.8 Å². The predicted molar refractivity (Wildman–Crippen MR) is 189 cm³/mol. The molecule has 300 valence electrons. The maximum atomic E-state index is 15.3. The number of alkyl halides is 6. The number of halogens is 7. The Hall–Kier alpha value is -4.16. The van der Waals surface area contributed by atoms with E-state index < -0.39 is 57.6 Å². The fourth-order valence-corrected chi connectivity index (χ4v) is 8.37. The molecule has 5 heterocycles. The number of ether oxygens (including phenoxy) is 3. The van der Waals surface area contributed by atoms with Crippen molar-refractivity contribution in [3.05, 3.63) is 69.9 Å². The first-order valence-corrected chi connectivity index (χ1v) is 18.9. The molecule has 55 heavy (non-hydrogen) atoms. The third-order valence-corrected chi connectivity index (χ3v) is 11.2. The average Bonchev–Trinajstić information content (AvgIpc) is 3.87. The third-order valence-electron chi connectivity index (χ3n) is 10.3. The van der Waals surface area contributed by atoms with E-state index in [4.69, 9.17) is 14.2 Å². The molecule has 18 heteroatoms. The van der Waals surface area contributed by atoms with Crippen molar-refractivity contribution in [2.75, 3.05) is 77.6 Å². The van der Waals surface area contributed by atoms with Gasteiger partial charge in [-0.3, -0.25) is 14.6 Å². The molecule has 0 N–H and O–H groups in total. The number of anilines is 1. The molecule has 1 aromatic carbocycles. The number of benzene rings is 1. The number of carbonyl (C=O) groups is 2. The van der Waals surface area contributed by atoms with Crippen molar-refractivity contribution in [1.29, 1.82) is 0 Å². The lowest BCUT2D eigenvalue weighted by Gasteiger charge is -2.51. The van der Waals surface area contributed by atoms with Gasteiger partial charge < -0.3 is 33.8 Å². The van der Waals surface area contributed by atoms with E-state index in [0.29, 0.717) is 23.9 Å². The van der Waals surface area contributed by atoms with Crippen LogP contribution in [0.15, 0.2) is 48.1 Å². The fourth-order valence-electron chi connectivity index (χ4n) is 7.69. The van der Waals surface area contributed by atoms with Gasteiger partial charge in [-0.15, -0.1) is 11.3 Å². The molecular formula is C37H42F7N5O5S. The van der Waals surface area contributed by atoms with Crippen LogP contribution in [0.4, 0.5) is 36.4 Å². The van der Waals surface area contributed by atoms with Crippen molar-refractivity contribution in [1.82, 2.24) is 19.7 Å². The highest BCUT2D eigenvalue weighted by Crippen LogP contribution is 2.43. The summed E-state index contributed by atoms with van der Waals surface area (Å²) in [6, 6.07) is 4.75. The molecule has 3 aliphatic heterocycles. The van der Waals surface area contributed by atoms with Crippen LogP contribution in [0.1, 0.15) is 52.9 Å². The van der Waals surface area contributed by atoms with Crippen LogP contribution in [0, 0.1) is 5.82 Å². The zero-order valence-corrected chi connectivity index (χ0v) is 31.0. The first-order chi connectivity index (χ1) is 26.2. The summed E-state index contributed by atoms with van der Waals surface area (Å²) < 4.78 is 116. The molecule has 3 fully saturated rings. The Labute approximate surface area is 317 Å². The van der Waals surface area contributed by atoms with Crippen LogP contribution in [0.25, 0.3) is 0 Å². The number of amides is 2. The van der Waals surface area contributed by atoms with Crippen LogP contribution in [0.3, 0.4) is 0 Å². The first-order valence-electron chi connectivity index (χ1n) is 18.1. The van der Waals surface area contributed by atoms with Crippen molar-refractivity contribution in [2.45, 2.75) is 56.1 Å². The number of nitrogens with zero attached hydrogens (tertiary/aromatic N) is 5. The highest BCUT2D eigenvalue weighted by molar-refractivity contribution is 7.10. The number of thiophene rings is 1. The smallest absolute Gasteiger partial charge is 0.425 e. The van der Waals surface area contributed by atoms with Gasteiger partial charge in [-0.05, 0) is 57.0 Å². The lowest BCUT2D eigenvalue weighted by molar-refractivity contribution is -0.159. The number of methoxy groups -OCH3 is 1. The number of aromatic nitrogens is 1. The van der Waals surface area contributed by atoms with Gasteiger partial charge in [0.2, 0.25) is 5.60 Å². The van der Waals surface area contributed by atoms with Crippen LogP contribution < -0.4 is 14.4 Å². The Morgan fingerprint density at radius 1 is 0.945 bits per heavy atom. The van der Waals surface area contributed by atoms with E-state index in [0.717, 1.165) is 49.8 Å². The molecule has 0 saturated carbocycles. The molecule has 3 aromatic rings. The maximum absolute atomic E-state index is 15.3. The average molecular weight is 802 g/mol. The summed E-state index contributed by atoms with van der Waals surface area (Å²) in [6.45, 7) is 2.61. The number of piperazine rings is 1. The second-order valence-corrected chi connectivity index (χ2v) is 14.6. The number of piperidine rings is 1. The molecule has 0 radical (unpaired) electrons. The van der Waals surface area contributed by atoms with Gasteiger partial charge in [0.15, 0.2) is 0 Å². The number of pyridine rings is 1. The van der Waals surface area contributed by atoms with E-state index in [1.165, 1.54) is 29.0 Å². The number of para-hydroxylation sites is 1. The number of hydrogen-bond acceptors (Lipinski definition) is 9. The van der Waals surface area contributed by atoms with Gasteiger partial charge >= 0.3 is 12.4 Å². The zero-order chi connectivity index (χ0) is 39.4. The Balaban J connectivity index is 1.36. The number of carbonyl (C=O) groups excluding carboxylic acids is 2. The monoisotopic (exact) mass is 801 g/mol. The number of rotatable bonds is 12. The van der Waals surface area contributed by atoms with Crippen molar-refractivity contribution in [3.8, 4) is 11.5 Å². The molecule has 2 amide bonds. The standard InChI is InChI=1S/C37H42F7N5O5S/c1-52-20-21-53-29-7-4-6-28(38)32(29)47-16-18-48(19-17-47)34(51)35(54-25-22-31(55-24-25)37(42,43)44)10-5-14-49(30(35)9-15-46-12-2-3-13-46)33(50)26-23-45-11-8-27(26)36(39,40)41/h4,6-8,11,22-24,30H,2-3,5,9-10,12-21H2,1H3/t30-,35+/m1/s1. The summed E-state index contributed by atoms with van der Waals surface area (Å²) in [7, 11) is 1.51. The van der Waals surface area contributed by atoms with Crippen LogP contribution >= 0.6 is 11.3 Å². The lowest BCUT2D eigenvalue weighted by atomic mass is 9.80. The number of likely N-dealkylation sites (tertiary alicyclic amines) is 2. The van der Waals surface area contributed by atoms with Crippen LogP contribution in [-0.4, -0.2) is 116 Å². The SMILES string of the molecule is COCCOc1cccc(F)c1N1CCN(C(=O)[C@]2(Oc3csc(C(F)(F)F)c3)CCCN(C(=O)c3cnccc3C(F)(F)F)[C@@H]2CCN2CCCC2)CC1. The van der Waals surface area contributed by atoms with E-state index in [-0.39, 0.29) is 82.4 Å². The molecular weight excluding hydrogens is 759 g/mol. The maximum Gasteiger partial charge on any atom is 0.425 e. The number of hydrogen-bond donors (Lipinski definition) is 0. The third kappa shape index (κ3) is 8.96. The second kappa shape index (κ2) is 16.9. The predicted octanol–water partition coefficient (Wildman–Crippen LogP) is 6.60. The van der Waals surface area contributed by atoms with Gasteiger partial charge in [-0.2, -0.15) is 26.3 Å². The molecule has 0 aliphatic carbocycles. The summed E-state index contributed by atoms with van der Waals surface area (Å²) in [4.78, 5) is 38.7. The molecule has 2 atom stereocenters. The zero-order valence-electron chi connectivity index (χ0n) is 30.1. The summed E-state index contributed by atoms with van der Waals surface area (Å²) in [5.41, 5.74) is -3.69. The summed E-state index contributed by atoms with van der Waals surface area (Å²) in [5.74, 6) is -2.13. The van der Waals surface area contributed by atoms with Gasteiger partial charge in [0, 0.05) is 76.6 Å².